The fourth-order valence-corrected chi connectivity index (χ4v) is 2.63. The Hall–Kier alpha value is -2.76. The number of ether oxygens (including phenoxy) is 1. The van der Waals surface area contributed by atoms with E-state index in [1.54, 1.807) is 22.9 Å². The average Bonchev–Trinajstić information content (AvgIpc) is 2.99. The topological polar surface area (TPSA) is 27.1 Å². The first-order valence-electron chi connectivity index (χ1n) is 8.43. The van der Waals surface area contributed by atoms with Crippen LogP contribution in [0.4, 0.5) is 13.2 Å². The second-order valence-corrected chi connectivity index (χ2v) is 6.03. The van der Waals surface area contributed by atoms with Gasteiger partial charge in [0, 0.05) is 11.6 Å². The van der Waals surface area contributed by atoms with Crippen molar-refractivity contribution in [3.8, 4) is 5.88 Å². The minimum Gasteiger partial charge on any atom is -0.473 e. The van der Waals surface area contributed by atoms with Crippen LogP contribution in [0.25, 0.3) is 0 Å². The quantitative estimate of drug-likeness (QED) is 0.600. The molecule has 3 aromatic rings. The number of hydrogen-bond acceptors (Lipinski definition) is 2. The van der Waals surface area contributed by atoms with Gasteiger partial charge in [-0.2, -0.15) is 5.10 Å². The van der Waals surface area contributed by atoms with Crippen molar-refractivity contribution < 1.29 is 17.9 Å². The van der Waals surface area contributed by atoms with Crippen molar-refractivity contribution in [1.29, 1.82) is 0 Å². The predicted octanol–water partition coefficient (Wildman–Crippen LogP) is 4.88. The van der Waals surface area contributed by atoms with E-state index in [4.69, 9.17) is 4.74 Å². The lowest BCUT2D eigenvalue weighted by atomic mass is 10.2. The smallest absolute Gasteiger partial charge is 0.212 e. The highest BCUT2D eigenvalue weighted by molar-refractivity contribution is 5.23. The summed E-state index contributed by atoms with van der Waals surface area (Å²) in [6, 6.07) is 11.2. The molecular weight excluding hydrogens is 341 g/mol. The van der Waals surface area contributed by atoms with Crippen molar-refractivity contribution in [2.24, 2.45) is 0 Å². The third-order valence-electron chi connectivity index (χ3n) is 3.93. The Balaban J connectivity index is 1.80. The Bertz CT molecular complexity index is 875. The molecule has 0 N–H and O–H groups in total. The summed E-state index contributed by atoms with van der Waals surface area (Å²) in [7, 11) is 0. The van der Waals surface area contributed by atoms with Gasteiger partial charge in [0.2, 0.25) is 5.88 Å². The van der Waals surface area contributed by atoms with Crippen molar-refractivity contribution in [2.75, 3.05) is 0 Å². The SMILES string of the molecule is CCCc1cc(OCc2cc(F)ccc2F)n(Cc2ccc(F)cc2)n1. The molecule has 2 aromatic carbocycles. The molecule has 136 valence electrons. The summed E-state index contributed by atoms with van der Waals surface area (Å²) < 4.78 is 47.5. The molecule has 6 heteroatoms. The van der Waals surface area contributed by atoms with Crippen LogP contribution in [-0.4, -0.2) is 9.78 Å². The van der Waals surface area contributed by atoms with Crippen molar-refractivity contribution in [1.82, 2.24) is 9.78 Å². The summed E-state index contributed by atoms with van der Waals surface area (Å²) in [5.74, 6) is -0.887. The van der Waals surface area contributed by atoms with Crippen LogP contribution in [-0.2, 0) is 19.6 Å². The van der Waals surface area contributed by atoms with E-state index >= 15 is 0 Å². The zero-order chi connectivity index (χ0) is 18.5. The largest absolute Gasteiger partial charge is 0.473 e. The van der Waals surface area contributed by atoms with Crippen LogP contribution in [0, 0.1) is 17.5 Å². The second kappa shape index (κ2) is 8.08. The van der Waals surface area contributed by atoms with E-state index in [0.29, 0.717) is 12.4 Å². The van der Waals surface area contributed by atoms with Crippen LogP contribution in [0.2, 0.25) is 0 Å². The number of halogens is 3. The summed E-state index contributed by atoms with van der Waals surface area (Å²) in [6.45, 7) is 2.33. The van der Waals surface area contributed by atoms with E-state index < -0.39 is 11.6 Å². The average molecular weight is 360 g/mol. The highest BCUT2D eigenvalue weighted by Crippen LogP contribution is 2.20. The first kappa shape index (κ1) is 18.0. The second-order valence-electron chi connectivity index (χ2n) is 6.03. The van der Waals surface area contributed by atoms with E-state index in [1.807, 2.05) is 6.92 Å². The molecule has 3 rings (SSSR count). The molecule has 0 fully saturated rings. The molecule has 0 bridgehead atoms. The van der Waals surface area contributed by atoms with Gasteiger partial charge in [-0.05, 0) is 42.3 Å². The predicted molar refractivity (Wildman–Crippen MR) is 92.4 cm³/mol. The maximum Gasteiger partial charge on any atom is 0.212 e. The Morgan fingerprint density at radius 3 is 2.42 bits per heavy atom. The molecule has 26 heavy (non-hydrogen) atoms. The molecule has 0 spiro atoms. The molecule has 1 heterocycles. The van der Waals surface area contributed by atoms with Crippen LogP contribution >= 0.6 is 0 Å². The number of benzene rings is 2. The van der Waals surface area contributed by atoms with Crippen LogP contribution in [0.3, 0.4) is 0 Å². The molecule has 0 atom stereocenters. The Morgan fingerprint density at radius 2 is 1.69 bits per heavy atom. The highest BCUT2D eigenvalue weighted by Gasteiger charge is 2.12. The summed E-state index contributed by atoms with van der Waals surface area (Å²) in [4.78, 5) is 0. The van der Waals surface area contributed by atoms with E-state index in [-0.39, 0.29) is 18.0 Å². The number of hydrogen-bond donors (Lipinski definition) is 0. The van der Waals surface area contributed by atoms with Gasteiger partial charge in [0.15, 0.2) is 0 Å². The zero-order valence-electron chi connectivity index (χ0n) is 14.4. The van der Waals surface area contributed by atoms with Gasteiger partial charge in [-0.1, -0.05) is 25.5 Å². The maximum absolute atomic E-state index is 13.8. The number of aryl methyl sites for hydroxylation is 1. The lowest BCUT2D eigenvalue weighted by Gasteiger charge is -2.10. The first-order chi connectivity index (χ1) is 12.5. The van der Waals surface area contributed by atoms with Crippen LogP contribution in [0.15, 0.2) is 48.5 Å². The Morgan fingerprint density at radius 1 is 0.962 bits per heavy atom. The van der Waals surface area contributed by atoms with Gasteiger partial charge in [-0.25, -0.2) is 17.9 Å². The third-order valence-corrected chi connectivity index (χ3v) is 3.93. The molecule has 0 saturated heterocycles. The minimum atomic E-state index is -0.523. The van der Waals surface area contributed by atoms with Crippen LogP contribution in [0.1, 0.15) is 30.2 Å². The fourth-order valence-electron chi connectivity index (χ4n) is 2.63. The Kier molecular flexibility index (Phi) is 5.61. The van der Waals surface area contributed by atoms with Crippen LogP contribution in [0.5, 0.6) is 5.88 Å². The number of rotatable bonds is 7. The summed E-state index contributed by atoms with van der Waals surface area (Å²) in [5, 5.41) is 4.50. The van der Waals surface area contributed by atoms with E-state index in [0.717, 1.165) is 42.3 Å². The van der Waals surface area contributed by atoms with Gasteiger partial charge in [0.1, 0.15) is 24.1 Å². The summed E-state index contributed by atoms with van der Waals surface area (Å²) in [6.07, 6.45) is 1.70. The van der Waals surface area contributed by atoms with Gasteiger partial charge in [0.25, 0.3) is 0 Å². The van der Waals surface area contributed by atoms with Gasteiger partial charge in [-0.15, -0.1) is 0 Å². The van der Waals surface area contributed by atoms with Crippen molar-refractivity contribution in [3.63, 3.8) is 0 Å². The molecule has 3 nitrogen and oxygen atoms in total. The lowest BCUT2D eigenvalue weighted by Crippen LogP contribution is -2.07. The summed E-state index contributed by atoms with van der Waals surface area (Å²) in [5.41, 5.74) is 1.85. The van der Waals surface area contributed by atoms with Gasteiger partial charge in [0.05, 0.1) is 12.2 Å². The van der Waals surface area contributed by atoms with E-state index in [2.05, 4.69) is 5.10 Å². The molecule has 0 aliphatic carbocycles. The molecule has 1 aromatic heterocycles. The molecule has 0 aliphatic rings. The standard InChI is InChI=1S/C20H19F3N2O/c1-2-3-18-11-20(26-13-15-10-17(22)8-9-19(15)23)25(24-18)12-14-4-6-16(21)7-5-14/h4-11H,2-3,12-13H2,1H3. The van der Waals surface area contributed by atoms with Crippen molar-refractivity contribution >= 4 is 0 Å². The van der Waals surface area contributed by atoms with Crippen LogP contribution < -0.4 is 4.74 Å². The first-order valence-corrected chi connectivity index (χ1v) is 8.43. The monoisotopic (exact) mass is 360 g/mol. The molecule has 0 saturated carbocycles. The zero-order valence-corrected chi connectivity index (χ0v) is 14.4. The summed E-state index contributed by atoms with van der Waals surface area (Å²) >= 11 is 0. The molecule has 0 radical (unpaired) electrons. The fraction of sp³-hybridized carbons (Fsp3) is 0.250. The van der Waals surface area contributed by atoms with Gasteiger partial charge in [-0.3, -0.25) is 0 Å². The van der Waals surface area contributed by atoms with Crippen molar-refractivity contribution in [2.45, 2.75) is 32.9 Å². The number of nitrogens with zero attached hydrogens (tertiary/aromatic N) is 2. The Labute approximate surface area is 150 Å². The van der Waals surface area contributed by atoms with Gasteiger partial charge >= 0.3 is 0 Å². The molecule has 0 aliphatic heterocycles. The molecular formula is C20H19F3N2O. The van der Waals surface area contributed by atoms with Crippen molar-refractivity contribution in [3.05, 3.63) is 82.8 Å². The lowest BCUT2D eigenvalue weighted by molar-refractivity contribution is 0.269. The number of aromatic nitrogens is 2. The van der Waals surface area contributed by atoms with E-state index in [9.17, 15) is 13.2 Å². The van der Waals surface area contributed by atoms with Gasteiger partial charge < -0.3 is 4.74 Å². The maximum atomic E-state index is 13.8. The minimum absolute atomic E-state index is 0.107. The molecule has 0 amide bonds. The van der Waals surface area contributed by atoms with E-state index in [1.165, 1.54) is 12.1 Å². The molecule has 0 unspecified atom stereocenters. The highest BCUT2D eigenvalue weighted by atomic mass is 19.1. The third kappa shape index (κ3) is 4.45. The normalized spacial score (nSPS) is 10.9.